The van der Waals surface area contributed by atoms with Crippen LogP contribution in [0.2, 0.25) is 0 Å². The molecule has 0 amide bonds. The molecule has 9 aliphatic carbocycles. The average Bonchev–Trinajstić information content (AvgIpc) is 3.16. The summed E-state index contributed by atoms with van der Waals surface area (Å²) >= 11 is 0. The predicted octanol–water partition coefficient (Wildman–Crippen LogP) is 22.3. The molecule has 9 saturated carbocycles. The topological polar surface area (TPSA) is 0 Å². The summed E-state index contributed by atoms with van der Waals surface area (Å²) in [4.78, 5) is 0. The van der Waals surface area contributed by atoms with Crippen LogP contribution in [0.1, 0.15) is 312 Å². The van der Waals surface area contributed by atoms with E-state index >= 15 is 0 Å². The third-order valence-electron chi connectivity index (χ3n) is 20.5. The van der Waals surface area contributed by atoms with Crippen LogP contribution in [0.3, 0.4) is 0 Å². The monoisotopic (exact) mass is 883 g/mol. The maximum absolute atomic E-state index is 2.39. The lowest BCUT2D eigenvalue weighted by Crippen LogP contribution is -2.31. The average molecular weight is 884 g/mol. The van der Waals surface area contributed by atoms with Crippen molar-refractivity contribution in [2.24, 2.45) is 92.2 Å². The summed E-state index contributed by atoms with van der Waals surface area (Å²) in [6, 6.07) is 0. The van der Waals surface area contributed by atoms with Crippen molar-refractivity contribution in [1.29, 1.82) is 0 Å². The summed E-state index contributed by atoms with van der Waals surface area (Å²) in [5, 5.41) is 0. The standard InChI is InChI=1S/9C7H14/c1-6-4-7(2,3)5-6;2*1-6-4-5-7(6,2)3;1-6(2)7-4-3-5-7;1-3-7-4-6(2)5-7;2*1-3-7(2)5-4-6-7;2*1-3-7-5-4-6(7)2/h3*6H,4-5H2,1-3H3;2*6-7H,3-5H2,1-2H3;2*3-6H2,1-2H3;2*6-7H,3-5H2,1-2H3/t;6-;;;;;;;/m.0......./s1. The van der Waals surface area contributed by atoms with Gasteiger partial charge in [0, 0.05) is 0 Å². The summed E-state index contributed by atoms with van der Waals surface area (Å²) in [5.41, 5.74) is 3.58. The zero-order valence-electron chi connectivity index (χ0n) is 48.2. The number of hydrogen-bond donors (Lipinski definition) is 0. The van der Waals surface area contributed by atoms with Gasteiger partial charge in [0.05, 0.1) is 0 Å². The molecular weight excluding hydrogens is 757 g/mol. The van der Waals surface area contributed by atoms with E-state index in [2.05, 4.69) is 145 Å². The molecule has 0 saturated heterocycles. The maximum Gasteiger partial charge on any atom is -0.0328 e. The van der Waals surface area contributed by atoms with E-state index in [1.807, 2.05) is 0 Å². The van der Waals surface area contributed by atoms with E-state index in [0.717, 1.165) is 75.9 Å². The summed E-state index contributed by atoms with van der Waals surface area (Å²) < 4.78 is 0. The third kappa shape index (κ3) is 23.2. The molecule has 0 bridgehead atoms. The lowest BCUT2D eigenvalue weighted by atomic mass is 9.64. The highest BCUT2D eigenvalue weighted by Crippen LogP contribution is 2.47. The molecule has 0 spiro atoms. The van der Waals surface area contributed by atoms with Crippen LogP contribution in [0.15, 0.2) is 0 Å². The van der Waals surface area contributed by atoms with Crippen LogP contribution in [0.4, 0.5) is 0 Å². The highest BCUT2D eigenvalue weighted by Gasteiger charge is 2.35. The molecule has 5 unspecified atom stereocenters. The van der Waals surface area contributed by atoms with Crippen LogP contribution in [0.5, 0.6) is 0 Å². The molecule has 9 aliphatic rings. The molecule has 0 aromatic heterocycles. The normalized spacial score (nSPS) is 33.4. The minimum Gasteiger partial charge on any atom is -0.0651 e. The largest absolute Gasteiger partial charge is 0.0651 e. The van der Waals surface area contributed by atoms with Crippen molar-refractivity contribution in [2.75, 3.05) is 0 Å². The smallest absolute Gasteiger partial charge is 0.0328 e. The fraction of sp³-hybridized carbons (Fsp3) is 1.00. The predicted molar refractivity (Wildman–Crippen MR) is 290 cm³/mol. The summed E-state index contributed by atoms with van der Waals surface area (Å²) in [6.45, 7) is 49.0. The van der Waals surface area contributed by atoms with Gasteiger partial charge in [0.25, 0.3) is 0 Å². The van der Waals surface area contributed by atoms with Gasteiger partial charge >= 0.3 is 0 Å². The van der Waals surface area contributed by atoms with Crippen molar-refractivity contribution < 1.29 is 0 Å². The first kappa shape index (κ1) is 61.0. The Bertz CT molecular complexity index is 1010. The van der Waals surface area contributed by atoms with Gasteiger partial charge in [0.15, 0.2) is 0 Å². The Labute approximate surface area is 402 Å². The van der Waals surface area contributed by atoms with Gasteiger partial charge in [0.2, 0.25) is 0 Å². The molecule has 0 aromatic carbocycles. The van der Waals surface area contributed by atoms with Crippen LogP contribution in [-0.2, 0) is 0 Å². The Hall–Kier alpha value is 0. The van der Waals surface area contributed by atoms with Crippen molar-refractivity contribution in [3.63, 3.8) is 0 Å². The summed E-state index contributed by atoms with van der Waals surface area (Å²) in [7, 11) is 0. The van der Waals surface area contributed by atoms with Crippen LogP contribution in [0.25, 0.3) is 0 Å². The SMILES string of the molecule is CC(C)C1CCC1.CC1CC(C)(C)C1.CC1CCC1(C)C.CCC1(C)CCC1.CCC1(C)CCC1.CCC1CC(C)C1.CCC1CCC1C.CCC1CCC1C.C[C@H]1CCC1(C)C. The lowest BCUT2D eigenvalue weighted by molar-refractivity contribution is 0.0891. The number of rotatable bonds is 6. The van der Waals surface area contributed by atoms with Crippen molar-refractivity contribution in [3.05, 3.63) is 0 Å². The second kappa shape index (κ2) is 29.1. The Morgan fingerprint density at radius 1 is 0.429 bits per heavy atom. The van der Waals surface area contributed by atoms with Crippen molar-refractivity contribution in [1.82, 2.24) is 0 Å². The summed E-state index contributed by atoms with van der Waals surface area (Å²) in [5.74, 6) is 11.4. The minimum absolute atomic E-state index is 0.681. The molecular formula is C63H126. The molecule has 0 heterocycles. The van der Waals surface area contributed by atoms with Gasteiger partial charge in [-0.25, -0.2) is 0 Å². The van der Waals surface area contributed by atoms with Crippen molar-refractivity contribution >= 4 is 0 Å². The fourth-order valence-electron chi connectivity index (χ4n) is 11.3. The Morgan fingerprint density at radius 2 is 0.794 bits per heavy atom. The van der Waals surface area contributed by atoms with Crippen molar-refractivity contribution in [2.45, 2.75) is 312 Å². The Balaban J connectivity index is 0.000000354. The van der Waals surface area contributed by atoms with Crippen LogP contribution >= 0.6 is 0 Å². The second-order valence-electron chi connectivity index (χ2n) is 27.8. The van der Waals surface area contributed by atoms with Gasteiger partial charge < -0.3 is 0 Å². The van der Waals surface area contributed by atoms with E-state index < -0.39 is 0 Å². The molecule has 0 N–H and O–H groups in total. The molecule has 378 valence electrons. The fourth-order valence-corrected chi connectivity index (χ4v) is 11.3. The molecule has 0 heteroatoms. The van der Waals surface area contributed by atoms with Gasteiger partial charge in [-0.3, -0.25) is 0 Å². The van der Waals surface area contributed by atoms with E-state index in [0.29, 0.717) is 16.2 Å². The third-order valence-corrected chi connectivity index (χ3v) is 20.5. The molecule has 6 atom stereocenters. The van der Waals surface area contributed by atoms with Crippen molar-refractivity contribution in [3.8, 4) is 0 Å². The van der Waals surface area contributed by atoms with Crippen LogP contribution in [0, 0.1) is 92.2 Å². The molecule has 0 nitrogen and oxygen atoms in total. The molecule has 0 radical (unpaired) electrons. The van der Waals surface area contributed by atoms with E-state index in [-0.39, 0.29) is 0 Å². The van der Waals surface area contributed by atoms with Crippen LogP contribution < -0.4 is 0 Å². The molecule has 0 aliphatic heterocycles. The summed E-state index contributed by atoms with van der Waals surface area (Å²) in [6.07, 6.45) is 37.9. The first-order chi connectivity index (χ1) is 29.2. The minimum atomic E-state index is 0.681. The van der Waals surface area contributed by atoms with Gasteiger partial charge in [0.1, 0.15) is 0 Å². The van der Waals surface area contributed by atoms with Gasteiger partial charge in [-0.05, 0) is 182 Å². The highest BCUT2D eigenvalue weighted by atomic mass is 14.4. The lowest BCUT2D eigenvalue weighted by Gasteiger charge is -2.42. The zero-order valence-corrected chi connectivity index (χ0v) is 48.2. The van der Waals surface area contributed by atoms with E-state index in [4.69, 9.17) is 0 Å². The van der Waals surface area contributed by atoms with Gasteiger partial charge in [-0.2, -0.15) is 0 Å². The Kier molecular flexibility index (Phi) is 28.2. The zero-order chi connectivity index (χ0) is 48.2. The molecule has 9 fully saturated rings. The highest BCUT2D eigenvalue weighted by molar-refractivity contribution is 4.86. The molecule has 0 aromatic rings. The number of hydrogen-bond acceptors (Lipinski definition) is 0. The first-order valence-electron chi connectivity index (χ1n) is 29.2. The van der Waals surface area contributed by atoms with Crippen LogP contribution in [-0.4, -0.2) is 0 Å². The van der Waals surface area contributed by atoms with E-state index in [1.165, 1.54) is 167 Å². The first-order valence-corrected chi connectivity index (χ1v) is 29.2. The maximum atomic E-state index is 2.39. The van der Waals surface area contributed by atoms with Gasteiger partial charge in [-0.15, -0.1) is 0 Å². The quantitative estimate of drug-likeness (QED) is 0.249. The van der Waals surface area contributed by atoms with Gasteiger partial charge in [-0.1, -0.05) is 222 Å². The molecule has 63 heavy (non-hydrogen) atoms. The van der Waals surface area contributed by atoms with E-state index in [1.54, 1.807) is 0 Å². The molecule has 9 rings (SSSR count). The second-order valence-corrected chi connectivity index (χ2v) is 27.8. The van der Waals surface area contributed by atoms with E-state index in [9.17, 15) is 0 Å². The Morgan fingerprint density at radius 3 is 0.810 bits per heavy atom.